The van der Waals surface area contributed by atoms with Crippen molar-refractivity contribution in [1.29, 1.82) is 0 Å². The van der Waals surface area contributed by atoms with Gasteiger partial charge in [-0.25, -0.2) is 0 Å². The molecule has 0 unspecified atom stereocenters. The molecule has 1 amide bonds. The van der Waals surface area contributed by atoms with Crippen LogP contribution in [0.4, 0.5) is 0 Å². The van der Waals surface area contributed by atoms with Crippen molar-refractivity contribution >= 4 is 11.7 Å². The molecule has 1 aliphatic rings. The Morgan fingerprint density at radius 2 is 2.05 bits per heavy atom. The number of amides is 1. The fraction of sp³-hybridized carbons (Fsp3) is 0.500. The van der Waals surface area contributed by atoms with Crippen LogP contribution in [0.5, 0.6) is 0 Å². The smallest absolute Gasteiger partial charge is 0.224 e. The molecule has 0 aromatic heterocycles. The summed E-state index contributed by atoms with van der Waals surface area (Å²) in [6.07, 6.45) is 5.20. The second kappa shape index (κ2) is 6.61. The number of benzene rings is 1. The lowest BCUT2D eigenvalue weighted by atomic mass is 9.67. The summed E-state index contributed by atoms with van der Waals surface area (Å²) in [4.78, 5) is 12.0. The first-order valence-corrected chi connectivity index (χ1v) is 7.42. The summed E-state index contributed by atoms with van der Waals surface area (Å²) in [5.41, 5.74) is 7.40. The van der Waals surface area contributed by atoms with Crippen molar-refractivity contribution < 1.29 is 10.0 Å². The van der Waals surface area contributed by atoms with Gasteiger partial charge in [-0.05, 0) is 30.2 Å². The predicted octanol–water partition coefficient (Wildman–Crippen LogP) is 2.02. The molecule has 114 valence electrons. The number of rotatable bonds is 6. The number of nitrogens with one attached hydrogen (secondary N) is 1. The van der Waals surface area contributed by atoms with Crippen molar-refractivity contribution in [3.05, 3.63) is 35.4 Å². The van der Waals surface area contributed by atoms with Crippen LogP contribution >= 0.6 is 0 Å². The van der Waals surface area contributed by atoms with E-state index in [0.29, 0.717) is 17.4 Å². The highest BCUT2D eigenvalue weighted by Gasteiger charge is 2.35. The summed E-state index contributed by atoms with van der Waals surface area (Å²) in [5.74, 6) is 0.118. The Labute approximate surface area is 125 Å². The van der Waals surface area contributed by atoms with Crippen LogP contribution in [0, 0.1) is 5.41 Å². The maximum atomic E-state index is 12.0. The van der Waals surface area contributed by atoms with Crippen LogP contribution < -0.4 is 11.1 Å². The fourth-order valence-electron chi connectivity index (χ4n) is 2.72. The number of hydrogen-bond donors (Lipinski definition) is 3. The molecule has 4 N–H and O–H groups in total. The lowest BCUT2D eigenvalue weighted by molar-refractivity contribution is -0.121. The van der Waals surface area contributed by atoms with Crippen molar-refractivity contribution in [2.24, 2.45) is 16.3 Å². The molecule has 5 nitrogen and oxygen atoms in total. The van der Waals surface area contributed by atoms with E-state index in [1.807, 2.05) is 12.1 Å². The van der Waals surface area contributed by atoms with E-state index in [1.54, 1.807) is 12.1 Å². The normalized spacial score (nSPS) is 17.1. The van der Waals surface area contributed by atoms with Gasteiger partial charge in [-0.15, -0.1) is 0 Å². The number of nitrogens with two attached hydrogens (primary N) is 1. The largest absolute Gasteiger partial charge is 0.409 e. The molecule has 0 heterocycles. The maximum absolute atomic E-state index is 12.0. The molecule has 1 saturated carbocycles. The zero-order valence-electron chi connectivity index (χ0n) is 12.4. The predicted molar refractivity (Wildman–Crippen MR) is 82.2 cm³/mol. The average molecular weight is 289 g/mol. The van der Waals surface area contributed by atoms with E-state index in [4.69, 9.17) is 10.9 Å². The third kappa shape index (κ3) is 3.74. The van der Waals surface area contributed by atoms with E-state index in [2.05, 4.69) is 17.4 Å². The molecule has 5 heteroatoms. The van der Waals surface area contributed by atoms with E-state index >= 15 is 0 Å². The fourth-order valence-corrected chi connectivity index (χ4v) is 2.72. The van der Waals surface area contributed by atoms with Crippen molar-refractivity contribution in [2.45, 2.75) is 39.0 Å². The van der Waals surface area contributed by atoms with Gasteiger partial charge in [0.2, 0.25) is 5.91 Å². The quantitative estimate of drug-likeness (QED) is 0.324. The number of amidine groups is 1. The van der Waals surface area contributed by atoms with Gasteiger partial charge in [0.15, 0.2) is 5.84 Å². The van der Waals surface area contributed by atoms with Crippen LogP contribution in [0.1, 0.15) is 43.7 Å². The van der Waals surface area contributed by atoms with E-state index in [0.717, 1.165) is 18.5 Å². The Hall–Kier alpha value is -2.04. The monoisotopic (exact) mass is 289 g/mol. The van der Waals surface area contributed by atoms with Gasteiger partial charge in [-0.3, -0.25) is 4.79 Å². The minimum Gasteiger partial charge on any atom is -0.409 e. The summed E-state index contributed by atoms with van der Waals surface area (Å²) in [7, 11) is 0. The molecule has 0 radical (unpaired) electrons. The van der Waals surface area contributed by atoms with Crippen LogP contribution in [-0.2, 0) is 11.2 Å². The van der Waals surface area contributed by atoms with Gasteiger partial charge in [-0.1, -0.05) is 42.8 Å². The Balaban J connectivity index is 1.85. The van der Waals surface area contributed by atoms with Gasteiger partial charge in [0, 0.05) is 12.1 Å². The molecule has 2 rings (SSSR count). The van der Waals surface area contributed by atoms with Crippen molar-refractivity contribution in [1.82, 2.24) is 5.32 Å². The number of hydrogen-bond acceptors (Lipinski definition) is 3. The van der Waals surface area contributed by atoms with Crippen LogP contribution in [-0.4, -0.2) is 23.5 Å². The highest BCUT2D eigenvalue weighted by Crippen LogP contribution is 2.42. The Kier molecular flexibility index (Phi) is 4.83. The zero-order valence-corrected chi connectivity index (χ0v) is 12.4. The molecule has 1 aliphatic carbocycles. The van der Waals surface area contributed by atoms with Gasteiger partial charge in [0.05, 0.1) is 6.42 Å². The Bertz CT molecular complexity index is 513. The molecule has 0 saturated heterocycles. The number of carbonyl (C=O) groups excluding carboxylic acids is 1. The molecule has 1 fully saturated rings. The van der Waals surface area contributed by atoms with Gasteiger partial charge in [0.25, 0.3) is 0 Å². The third-order valence-electron chi connectivity index (χ3n) is 4.55. The molecular weight excluding hydrogens is 266 g/mol. The summed E-state index contributed by atoms with van der Waals surface area (Å²) >= 11 is 0. The standard InChI is InChI=1S/C16H23N3O2/c1-2-16(8-3-9-16)11-18-14(20)10-12-4-6-13(7-5-12)15(17)19-21/h4-7,21H,2-3,8-11H2,1H3,(H2,17,19)(H,18,20). The van der Waals surface area contributed by atoms with E-state index in [9.17, 15) is 4.79 Å². The second-order valence-corrected chi connectivity index (χ2v) is 5.84. The minimum atomic E-state index is 0.0475. The molecule has 1 aromatic carbocycles. The van der Waals surface area contributed by atoms with Gasteiger partial charge < -0.3 is 16.3 Å². The number of nitrogens with zero attached hydrogens (tertiary/aromatic N) is 1. The van der Waals surface area contributed by atoms with Crippen LogP contribution in [0.3, 0.4) is 0 Å². The molecular formula is C16H23N3O2. The molecule has 0 atom stereocenters. The van der Waals surface area contributed by atoms with E-state index in [-0.39, 0.29) is 11.7 Å². The first-order valence-electron chi connectivity index (χ1n) is 7.42. The molecule has 0 bridgehead atoms. The van der Waals surface area contributed by atoms with Gasteiger partial charge in [0.1, 0.15) is 0 Å². The van der Waals surface area contributed by atoms with E-state index < -0.39 is 0 Å². The highest BCUT2D eigenvalue weighted by atomic mass is 16.4. The van der Waals surface area contributed by atoms with Crippen molar-refractivity contribution in [2.75, 3.05) is 6.54 Å². The highest BCUT2D eigenvalue weighted by molar-refractivity contribution is 5.97. The lowest BCUT2D eigenvalue weighted by Crippen LogP contribution is -2.42. The summed E-state index contributed by atoms with van der Waals surface area (Å²) in [5, 5.41) is 14.6. The first-order chi connectivity index (χ1) is 10.1. The SMILES string of the molecule is CCC1(CNC(=O)Cc2ccc(/C(N)=N/O)cc2)CCC1. The molecule has 21 heavy (non-hydrogen) atoms. The van der Waals surface area contributed by atoms with E-state index in [1.165, 1.54) is 19.3 Å². The minimum absolute atomic E-state index is 0.0475. The van der Waals surface area contributed by atoms with Crippen molar-refractivity contribution in [3.63, 3.8) is 0 Å². The molecule has 0 aliphatic heterocycles. The van der Waals surface area contributed by atoms with Crippen LogP contribution in [0.25, 0.3) is 0 Å². The van der Waals surface area contributed by atoms with Crippen molar-refractivity contribution in [3.8, 4) is 0 Å². The van der Waals surface area contributed by atoms with Gasteiger partial charge >= 0.3 is 0 Å². The number of oxime groups is 1. The Morgan fingerprint density at radius 1 is 1.38 bits per heavy atom. The molecule has 1 aromatic rings. The summed E-state index contributed by atoms with van der Waals surface area (Å²) in [6, 6.07) is 7.14. The first kappa shape index (κ1) is 15.4. The van der Waals surface area contributed by atoms with Gasteiger partial charge in [-0.2, -0.15) is 0 Å². The topological polar surface area (TPSA) is 87.7 Å². The van der Waals surface area contributed by atoms with Crippen LogP contribution in [0.15, 0.2) is 29.4 Å². The maximum Gasteiger partial charge on any atom is 0.224 e. The second-order valence-electron chi connectivity index (χ2n) is 5.84. The zero-order chi connectivity index (χ0) is 15.3. The van der Waals surface area contributed by atoms with Crippen LogP contribution in [0.2, 0.25) is 0 Å². The molecule has 0 spiro atoms. The Morgan fingerprint density at radius 3 is 2.52 bits per heavy atom. The summed E-state index contributed by atoms with van der Waals surface area (Å²) in [6.45, 7) is 2.97. The third-order valence-corrected chi connectivity index (χ3v) is 4.55. The summed E-state index contributed by atoms with van der Waals surface area (Å²) < 4.78 is 0. The average Bonchev–Trinajstić information content (AvgIpc) is 2.46. The lowest BCUT2D eigenvalue weighted by Gasteiger charge is -2.41. The number of carbonyl (C=O) groups is 1.